The third-order valence-corrected chi connectivity index (χ3v) is 4.95. The van der Waals surface area contributed by atoms with Gasteiger partial charge in [-0.05, 0) is 44.5 Å². The van der Waals surface area contributed by atoms with Crippen LogP contribution >= 0.6 is 11.6 Å². The molecule has 0 aliphatic carbocycles. The van der Waals surface area contributed by atoms with Crippen molar-refractivity contribution >= 4 is 34.3 Å². The first-order valence-electron chi connectivity index (χ1n) is 9.02. The highest BCUT2D eigenvalue weighted by Gasteiger charge is 2.27. The summed E-state index contributed by atoms with van der Waals surface area (Å²) in [7, 11) is 0. The highest BCUT2D eigenvalue weighted by molar-refractivity contribution is 6.30. The second-order valence-electron chi connectivity index (χ2n) is 7.15. The molecule has 5 nitrogen and oxygen atoms in total. The number of aromatic nitrogens is 1. The van der Waals surface area contributed by atoms with Crippen molar-refractivity contribution < 1.29 is 27.9 Å². The summed E-state index contributed by atoms with van der Waals surface area (Å²) in [6.07, 6.45) is -0.308. The van der Waals surface area contributed by atoms with Gasteiger partial charge in [-0.2, -0.15) is 0 Å². The number of rotatable bonds is 4. The third kappa shape index (κ3) is 3.75. The molecule has 0 aliphatic heterocycles. The van der Waals surface area contributed by atoms with Crippen LogP contribution in [0.5, 0.6) is 5.75 Å². The number of aromatic hydroxyl groups is 1. The van der Waals surface area contributed by atoms with Crippen molar-refractivity contribution in [1.29, 1.82) is 0 Å². The second kappa shape index (κ2) is 8.02. The fourth-order valence-electron chi connectivity index (χ4n) is 3.33. The first-order chi connectivity index (χ1) is 14.0. The predicted octanol–water partition coefficient (Wildman–Crippen LogP) is 4.48. The highest BCUT2D eigenvalue weighted by atomic mass is 35.5. The Morgan fingerprint density at radius 2 is 1.83 bits per heavy atom. The van der Waals surface area contributed by atoms with Crippen LogP contribution < -0.4 is 5.32 Å². The Morgan fingerprint density at radius 1 is 1.17 bits per heavy atom. The molecule has 0 radical (unpaired) electrons. The number of benzene rings is 2. The van der Waals surface area contributed by atoms with E-state index in [1.807, 2.05) is 0 Å². The van der Waals surface area contributed by atoms with Crippen LogP contribution in [0.4, 0.5) is 13.2 Å². The molecule has 0 unspecified atom stereocenters. The summed E-state index contributed by atoms with van der Waals surface area (Å²) >= 11 is 5.66. The Balaban J connectivity index is 2.26. The minimum atomic E-state index is -1.28. The molecule has 1 aromatic heterocycles. The molecule has 0 atom stereocenters. The number of amides is 1. The van der Waals surface area contributed by atoms with Gasteiger partial charge in [0.2, 0.25) is 5.91 Å². The summed E-state index contributed by atoms with van der Waals surface area (Å²) in [4.78, 5) is 25.4. The number of halogens is 4. The van der Waals surface area contributed by atoms with Gasteiger partial charge in [-0.15, -0.1) is 0 Å². The van der Waals surface area contributed by atoms with Gasteiger partial charge in [-0.25, -0.2) is 13.2 Å². The first-order valence-corrected chi connectivity index (χ1v) is 9.40. The van der Waals surface area contributed by atoms with E-state index in [-0.39, 0.29) is 45.2 Å². The molecule has 158 valence electrons. The molecule has 0 saturated carbocycles. The lowest BCUT2D eigenvalue weighted by Gasteiger charge is -2.10. The molecule has 1 heterocycles. The topological polar surface area (TPSA) is 71.3 Å². The van der Waals surface area contributed by atoms with E-state index in [4.69, 9.17) is 11.6 Å². The van der Waals surface area contributed by atoms with Gasteiger partial charge in [0.25, 0.3) is 5.91 Å². The quantitative estimate of drug-likeness (QED) is 0.631. The zero-order chi connectivity index (χ0) is 22.3. The van der Waals surface area contributed by atoms with Crippen LogP contribution in [0.25, 0.3) is 10.9 Å². The van der Waals surface area contributed by atoms with Gasteiger partial charge in [-0.3, -0.25) is 14.2 Å². The fourth-order valence-corrected chi connectivity index (χ4v) is 3.44. The molecule has 3 aromatic rings. The number of carbonyl (C=O) groups excluding carboxylic acids is 2. The first kappa shape index (κ1) is 21.7. The maximum atomic E-state index is 14.8. The number of hydrogen-bond acceptors (Lipinski definition) is 3. The number of phenols is 1. The van der Waals surface area contributed by atoms with E-state index in [1.165, 1.54) is 19.1 Å². The minimum absolute atomic E-state index is 0.107. The van der Waals surface area contributed by atoms with E-state index in [2.05, 4.69) is 5.32 Å². The monoisotopic (exact) mass is 438 g/mol. The van der Waals surface area contributed by atoms with Crippen molar-refractivity contribution in [3.05, 3.63) is 63.6 Å². The lowest BCUT2D eigenvalue weighted by molar-refractivity contribution is -0.120. The van der Waals surface area contributed by atoms with Gasteiger partial charge >= 0.3 is 0 Å². The van der Waals surface area contributed by atoms with Crippen LogP contribution in [0.15, 0.2) is 24.3 Å². The average Bonchev–Trinajstić information content (AvgIpc) is 2.92. The van der Waals surface area contributed by atoms with Gasteiger partial charge in [0.1, 0.15) is 5.82 Å². The van der Waals surface area contributed by atoms with Crippen molar-refractivity contribution in [2.45, 2.75) is 33.2 Å². The van der Waals surface area contributed by atoms with Crippen molar-refractivity contribution in [2.24, 2.45) is 0 Å². The summed E-state index contributed by atoms with van der Waals surface area (Å²) in [6.45, 7) is 4.94. The van der Waals surface area contributed by atoms with Gasteiger partial charge in [0, 0.05) is 28.8 Å². The Bertz CT molecular complexity index is 1190. The average molecular weight is 439 g/mol. The van der Waals surface area contributed by atoms with Crippen LogP contribution in [0.1, 0.15) is 35.5 Å². The SMILES string of the molecule is Cc1c(CC(=O)NC(C)C)c2c(F)c(O)c(F)cc2n1C(=O)c1ccc(Cl)c(F)c1. The lowest BCUT2D eigenvalue weighted by Crippen LogP contribution is -2.31. The fraction of sp³-hybridized carbons (Fsp3) is 0.238. The summed E-state index contributed by atoms with van der Waals surface area (Å²) < 4.78 is 43.7. The van der Waals surface area contributed by atoms with E-state index >= 15 is 0 Å². The van der Waals surface area contributed by atoms with Crippen molar-refractivity contribution in [3.63, 3.8) is 0 Å². The molecule has 0 spiro atoms. The summed E-state index contributed by atoms with van der Waals surface area (Å²) in [5.74, 6) is -5.81. The van der Waals surface area contributed by atoms with E-state index in [0.29, 0.717) is 0 Å². The molecule has 2 aromatic carbocycles. The van der Waals surface area contributed by atoms with Crippen molar-refractivity contribution in [3.8, 4) is 5.75 Å². The third-order valence-electron chi connectivity index (χ3n) is 4.64. The lowest BCUT2D eigenvalue weighted by atomic mass is 10.1. The van der Waals surface area contributed by atoms with Crippen molar-refractivity contribution in [1.82, 2.24) is 9.88 Å². The zero-order valence-corrected chi connectivity index (χ0v) is 17.1. The molecular weight excluding hydrogens is 421 g/mol. The predicted molar refractivity (Wildman–Crippen MR) is 106 cm³/mol. The Kier molecular flexibility index (Phi) is 5.81. The van der Waals surface area contributed by atoms with Crippen molar-refractivity contribution in [2.75, 3.05) is 0 Å². The molecule has 1 amide bonds. The standard InChI is InChI=1S/C21H18ClF3N2O3/c1-9(2)26-17(28)7-12-10(3)27(16-8-15(24)20(29)19(25)18(12)16)21(30)11-4-5-13(22)14(23)6-11/h4-6,8-9,29H,7H2,1-3H3,(H,26,28). The second-order valence-corrected chi connectivity index (χ2v) is 7.55. The molecule has 2 N–H and O–H groups in total. The number of phenolic OH excluding ortho intramolecular Hbond substituents is 1. The van der Waals surface area contributed by atoms with Crippen LogP contribution in [-0.4, -0.2) is 27.5 Å². The minimum Gasteiger partial charge on any atom is -0.503 e. The molecule has 3 rings (SSSR count). The maximum absolute atomic E-state index is 14.8. The van der Waals surface area contributed by atoms with Crippen LogP contribution in [0.3, 0.4) is 0 Å². The van der Waals surface area contributed by atoms with E-state index < -0.39 is 35.0 Å². The molecule has 0 saturated heterocycles. The normalized spacial score (nSPS) is 11.3. The van der Waals surface area contributed by atoms with Gasteiger partial charge in [0.15, 0.2) is 17.4 Å². The Hall–Kier alpha value is -3.00. The summed E-state index contributed by atoms with van der Waals surface area (Å²) in [5.41, 5.74) is -0.0242. The Labute approximate surface area is 175 Å². The van der Waals surface area contributed by atoms with Gasteiger partial charge in [0.05, 0.1) is 17.0 Å². The Morgan fingerprint density at radius 3 is 2.43 bits per heavy atom. The number of hydrogen-bond donors (Lipinski definition) is 2. The van der Waals surface area contributed by atoms with Crippen LogP contribution in [0.2, 0.25) is 5.02 Å². The zero-order valence-electron chi connectivity index (χ0n) is 16.3. The van der Waals surface area contributed by atoms with Gasteiger partial charge < -0.3 is 10.4 Å². The smallest absolute Gasteiger partial charge is 0.262 e. The number of carbonyl (C=O) groups is 2. The molecule has 9 heteroatoms. The largest absolute Gasteiger partial charge is 0.503 e. The molecule has 30 heavy (non-hydrogen) atoms. The number of nitrogens with zero attached hydrogens (tertiary/aromatic N) is 1. The molecule has 0 aliphatic rings. The molecule has 0 bridgehead atoms. The van der Waals surface area contributed by atoms with Crippen LogP contribution in [0, 0.1) is 24.4 Å². The maximum Gasteiger partial charge on any atom is 0.262 e. The van der Waals surface area contributed by atoms with E-state index in [9.17, 15) is 27.9 Å². The van der Waals surface area contributed by atoms with E-state index in [0.717, 1.165) is 16.7 Å². The summed E-state index contributed by atoms with van der Waals surface area (Å²) in [5, 5.41) is 11.9. The van der Waals surface area contributed by atoms with Crippen LogP contribution in [-0.2, 0) is 11.2 Å². The summed E-state index contributed by atoms with van der Waals surface area (Å²) in [6, 6.07) is 4.00. The van der Waals surface area contributed by atoms with Gasteiger partial charge in [-0.1, -0.05) is 11.6 Å². The molecule has 0 fully saturated rings. The highest BCUT2D eigenvalue weighted by Crippen LogP contribution is 2.35. The number of nitrogens with one attached hydrogen (secondary N) is 1. The number of fused-ring (bicyclic) bond motifs is 1. The molecular formula is C21H18ClF3N2O3. The van der Waals surface area contributed by atoms with E-state index in [1.54, 1.807) is 13.8 Å².